The Labute approximate surface area is 213 Å². The molecule has 37 heavy (non-hydrogen) atoms. The molecule has 0 saturated carbocycles. The summed E-state index contributed by atoms with van der Waals surface area (Å²) in [6, 6.07) is 22.8. The fourth-order valence-electron chi connectivity index (χ4n) is 5.05. The van der Waals surface area contributed by atoms with Crippen molar-refractivity contribution in [1.29, 1.82) is 0 Å². The molecule has 6 nitrogen and oxygen atoms in total. The molecule has 8 heteroatoms. The zero-order valence-corrected chi connectivity index (χ0v) is 20.2. The van der Waals surface area contributed by atoms with E-state index in [4.69, 9.17) is 15.7 Å². The molecule has 1 saturated heterocycles. The molecule has 1 aliphatic heterocycles. The van der Waals surface area contributed by atoms with Crippen molar-refractivity contribution in [3.8, 4) is 16.9 Å². The zero-order valence-electron chi connectivity index (χ0n) is 20.2. The molecule has 6 rings (SSSR count). The van der Waals surface area contributed by atoms with Gasteiger partial charge in [-0.05, 0) is 73.2 Å². The van der Waals surface area contributed by atoms with Gasteiger partial charge in [0, 0.05) is 18.7 Å². The Morgan fingerprint density at radius 1 is 0.838 bits per heavy atom. The molecule has 186 valence electrons. The summed E-state index contributed by atoms with van der Waals surface area (Å²) in [5.74, 6) is 0.738. The molecule has 0 bridgehead atoms. The van der Waals surface area contributed by atoms with Crippen LogP contribution < -0.4 is 10.6 Å². The number of nitrogen functional groups attached to an aromatic ring is 1. The van der Waals surface area contributed by atoms with Crippen LogP contribution in [0, 0.1) is 17.6 Å². The highest BCUT2D eigenvalue weighted by molar-refractivity contribution is 5.99. The Morgan fingerprint density at radius 3 is 2.32 bits per heavy atom. The fourth-order valence-corrected chi connectivity index (χ4v) is 5.05. The van der Waals surface area contributed by atoms with Gasteiger partial charge < -0.3 is 10.6 Å². The van der Waals surface area contributed by atoms with Crippen LogP contribution in [0.4, 0.5) is 20.5 Å². The summed E-state index contributed by atoms with van der Waals surface area (Å²) in [6.45, 7) is 1.65. The number of fused-ring (bicyclic) bond motifs is 1. The maximum atomic E-state index is 13.9. The second-order valence-electron chi connectivity index (χ2n) is 9.47. The summed E-state index contributed by atoms with van der Waals surface area (Å²) in [7, 11) is 0. The van der Waals surface area contributed by atoms with Gasteiger partial charge in [0.1, 0.15) is 17.5 Å². The molecule has 3 aromatic carbocycles. The summed E-state index contributed by atoms with van der Waals surface area (Å²) in [5, 5.41) is 5.18. The van der Waals surface area contributed by atoms with E-state index in [1.165, 1.54) is 34.5 Å². The molecule has 0 spiro atoms. The van der Waals surface area contributed by atoms with Gasteiger partial charge in [-0.25, -0.2) is 18.4 Å². The lowest BCUT2D eigenvalue weighted by Gasteiger charge is -2.32. The van der Waals surface area contributed by atoms with E-state index in [1.54, 1.807) is 24.3 Å². The van der Waals surface area contributed by atoms with Gasteiger partial charge in [0.25, 0.3) is 0 Å². The van der Waals surface area contributed by atoms with Crippen LogP contribution in [0.25, 0.3) is 28.0 Å². The van der Waals surface area contributed by atoms with Crippen LogP contribution in [0.5, 0.6) is 0 Å². The SMILES string of the molecule is Nc1c2c(-c3ccc(F)cc3)nc(N3CCC(Cc4ccccc4)CC3)nc2nn1-c1cccc(F)c1. The smallest absolute Gasteiger partial charge is 0.228 e. The second-order valence-corrected chi connectivity index (χ2v) is 9.47. The first-order valence-corrected chi connectivity index (χ1v) is 12.4. The number of hydrogen-bond donors (Lipinski definition) is 1. The molecule has 1 fully saturated rings. The third kappa shape index (κ3) is 4.62. The molecule has 0 atom stereocenters. The standard InChI is InChI=1S/C29H26F2N6/c30-22-11-9-21(10-12-22)26-25-27(32)37(24-8-4-7-23(31)18-24)35-28(25)34-29(33-26)36-15-13-20(14-16-36)17-19-5-2-1-3-6-19/h1-12,18,20H,13-17,32H2. The number of rotatable bonds is 5. The first kappa shape index (κ1) is 23.1. The highest BCUT2D eigenvalue weighted by Gasteiger charge is 2.25. The van der Waals surface area contributed by atoms with Crippen LogP contribution in [0.15, 0.2) is 78.9 Å². The van der Waals surface area contributed by atoms with Crippen LogP contribution in [0.3, 0.4) is 0 Å². The van der Waals surface area contributed by atoms with Gasteiger partial charge in [0.2, 0.25) is 5.95 Å². The Balaban J connectivity index is 1.37. The lowest BCUT2D eigenvalue weighted by molar-refractivity contribution is 0.401. The van der Waals surface area contributed by atoms with Gasteiger partial charge in [0.15, 0.2) is 5.65 Å². The van der Waals surface area contributed by atoms with Crippen LogP contribution >= 0.6 is 0 Å². The van der Waals surface area contributed by atoms with Crippen molar-refractivity contribution in [2.75, 3.05) is 23.7 Å². The molecule has 0 amide bonds. The Bertz CT molecular complexity index is 1540. The van der Waals surface area contributed by atoms with E-state index in [0.29, 0.717) is 45.7 Å². The lowest BCUT2D eigenvalue weighted by atomic mass is 9.90. The van der Waals surface area contributed by atoms with Gasteiger partial charge in [-0.15, -0.1) is 5.10 Å². The molecular weight excluding hydrogens is 470 g/mol. The lowest BCUT2D eigenvalue weighted by Crippen LogP contribution is -2.35. The molecule has 2 N–H and O–H groups in total. The number of nitrogens with zero attached hydrogens (tertiary/aromatic N) is 5. The second kappa shape index (κ2) is 9.61. The van der Waals surface area contributed by atoms with Crippen molar-refractivity contribution in [2.24, 2.45) is 5.92 Å². The third-order valence-electron chi connectivity index (χ3n) is 6.99. The van der Waals surface area contributed by atoms with Gasteiger partial charge in [-0.1, -0.05) is 36.4 Å². The minimum atomic E-state index is -0.389. The molecule has 1 aliphatic rings. The number of anilines is 2. The highest BCUT2D eigenvalue weighted by Crippen LogP contribution is 2.34. The van der Waals surface area contributed by atoms with E-state index < -0.39 is 0 Å². The predicted molar refractivity (Wildman–Crippen MR) is 142 cm³/mol. The number of benzene rings is 3. The molecule has 0 unspecified atom stereocenters. The fraction of sp³-hybridized carbons (Fsp3) is 0.207. The van der Waals surface area contributed by atoms with Gasteiger partial charge in [-0.3, -0.25) is 0 Å². The first-order valence-electron chi connectivity index (χ1n) is 12.4. The number of aromatic nitrogens is 4. The Hall–Kier alpha value is -4.33. The van der Waals surface area contributed by atoms with Gasteiger partial charge >= 0.3 is 0 Å². The number of hydrogen-bond acceptors (Lipinski definition) is 5. The van der Waals surface area contributed by atoms with Crippen molar-refractivity contribution in [2.45, 2.75) is 19.3 Å². The average molecular weight is 497 g/mol. The van der Waals surface area contributed by atoms with Crippen LogP contribution in [-0.2, 0) is 6.42 Å². The van der Waals surface area contributed by atoms with E-state index in [-0.39, 0.29) is 11.6 Å². The third-order valence-corrected chi connectivity index (χ3v) is 6.99. The summed E-state index contributed by atoms with van der Waals surface area (Å²) in [6.07, 6.45) is 3.12. The minimum Gasteiger partial charge on any atom is -0.383 e. The summed E-state index contributed by atoms with van der Waals surface area (Å²) < 4.78 is 29.1. The van der Waals surface area contributed by atoms with Crippen molar-refractivity contribution in [3.05, 3.63) is 96.1 Å². The topological polar surface area (TPSA) is 72.9 Å². The minimum absolute atomic E-state index is 0.299. The van der Waals surface area contributed by atoms with E-state index in [1.807, 2.05) is 6.07 Å². The summed E-state index contributed by atoms with van der Waals surface area (Å²) >= 11 is 0. The molecular formula is C29H26F2N6. The van der Waals surface area contributed by atoms with E-state index in [2.05, 4.69) is 34.3 Å². The Morgan fingerprint density at radius 2 is 1.59 bits per heavy atom. The molecule has 2 aromatic heterocycles. The van der Waals surface area contributed by atoms with Crippen LogP contribution in [0.1, 0.15) is 18.4 Å². The maximum absolute atomic E-state index is 13.9. The highest BCUT2D eigenvalue weighted by atomic mass is 19.1. The van der Waals surface area contributed by atoms with Crippen molar-refractivity contribution in [1.82, 2.24) is 19.7 Å². The number of piperidine rings is 1. The monoisotopic (exact) mass is 496 g/mol. The predicted octanol–water partition coefficient (Wildman–Crippen LogP) is 5.80. The van der Waals surface area contributed by atoms with E-state index in [0.717, 1.165) is 32.4 Å². The normalized spacial score (nSPS) is 14.4. The summed E-state index contributed by atoms with van der Waals surface area (Å²) in [4.78, 5) is 11.9. The zero-order chi connectivity index (χ0) is 25.4. The Kier molecular flexibility index (Phi) is 6.00. The maximum Gasteiger partial charge on any atom is 0.228 e. The van der Waals surface area contributed by atoms with Crippen LogP contribution in [0.2, 0.25) is 0 Å². The van der Waals surface area contributed by atoms with Gasteiger partial charge in [-0.2, -0.15) is 4.98 Å². The van der Waals surface area contributed by atoms with Gasteiger partial charge in [0.05, 0.1) is 16.8 Å². The molecule has 5 aromatic rings. The molecule has 0 radical (unpaired) electrons. The quantitative estimate of drug-likeness (QED) is 0.333. The number of nitrogens with two attached hydrogens (primary N) is 1. The molecule has 0 aliphatic carbocycles. The number of halogens is 2. The van der Waals surface area contributed by atoms with Crippen LogP contribution in [-0.4, -0.2) is 32.8 Å². The van der Waals surface area contributed by atoms with Crippen molar-refractivity contribution < 1.29 is 8.78 Å². The largest absolute Gasteiger partial charge is 0.383 e. The summed E-state index contributed by atoms with van der Waals surface area (Å²) in [5.41, 5.74) is 10.1. The van der Waals surface area contributed by atoms with E-state index >= 15 is 0 Å². The van der Waals surface area contributed by atoms with E-state index in [9.17, 15) is 8.78 Å². The first-order chi connectivity index (χ1) is 18.0. The van der Waals surface area contributed by atoms with Crippen molar-refractivity contribution >= 4 is 22.8 Å². The average Bonchev–Trinajstić information content (AvgIpc) is 3.26. The van der Waals surface area contributed by atoms with Crippen molar-refractivity contribution in [3.63, 3.8) is 0 Å². The molecule has 3 heterocycles.